The normalized spacial score (nSPS) is 13.1. The lowest BCUT2D eigenvalue weighted by atomic mass is 9.97. The van der Waals surface area contributed by atoms with Crippen LogP contribution in [0.2, 0.25) is 0 Å². The van der Waals surface area contributed by atoms with Gasteiger partial charge in [-0.05, 0) is 43.5 Å². The van der Waals surface area contributed by atoms with Crippen LogP contribution in [-0.2, 0) is 16.3 Å². The van der Waals surface area contributed by atoms with E-state index in [1.54, 1.807) is 24.3 Å². The first-order valence-electron chi connectivity index (χ1n) is 6.88. The number of benzene rings is 2. The molecule has 2 N–H and O–H groups in total. The van der Waals surface area contributed by atoms with Crippen LogP contribution in [0.25, 0.3) is 0 Å². The summed E-state index contributed by atoms with van der Waals surface area (Å²) in [5, 5.41) is 0. The maximum Gasteiger partial charge on any atom is 0.175 e. The highest BCUT2D eigenvalue weighted by Gasteiger charge is 2.11. The molecule has 0 amide bonds. The van der Waals surface area contributed by atoms with Crippen LogP contribution in [0.15, 0.2) is 47.4 Å². The summed E-state index contributed by atoms with van der Waals surface area (Å²) in [5.41, 5.74) is 10.8. The van der Waals surface area contributed by atoms with Gasteiger partial charge in [0.05, 0.1) is 4.90 Å². The Balaban J connectivity index is 2.18. The lowest BCUT2D eigenvalue weighted by Gasteiger charge is -2.14. The van der Waals surface area contributed by atoms with Gasteiger partial charge in [-0.1, -0.05) is 41.5 Å². The molecule has 0 aliphatic rings. The maximum atomic E-state index is 11.4. The molecule has 2 aromatic carbocycles. The van der Waals surface area contributed by atoms with E-state index in [9.17, 15) is 8.42 Å². The number of rotatable bonds is 4. The zero-order valence-electron chi connectivity index (χ0n) is 12.6. The van der Waals surface area contributed by atoms with Gasteiger partial charge in [0.1, 0.15) is 0 Å². The van der Waals surface area contributed by atoms with Gasteiger partial charge in [-0.15, -0.1) is 0 Å². The average molecular weight is 303 g/mol. The van der Waals surface area contributed by atoms with E-state index in [0.717, 1.165) is 12.0 Å². The number of nitrogens with two attached hydrogens (primary N) is 1. The Morgan fingerprint density at radius 2 is 1.52 bits per heavy atom. The molecule has 3 nitrogen and oxygen atoms in total. The Labute approximate surface area is 126 Å². The molecule has 0 aromatic heterocycles. The van der Waals surface area contributed by atoms with Crippen molar-refractivity contribution in [3.05, 3.63) is 64.7 Å². The van der Waals surface area contributed by atoms with Crippen LogP contribution in [0, 0.1) is 13.8 Å². The zero-order chi connectivity index (χ0) is 15.6. The number of hydrogen-bond acceptors (Lipinski definition) is 3. The Bertz CT molecular complexity index is 714. The van der Waals surface area contributed by atoms with E-state index >= 15 is 0 Å². The summed E-state index contributed by atoms with van der Waals surface area (Å²) in [6.07, 6.45) is 1.94. The molecule has 0 aliphatic carbocycles. The lowest BCUT2D eigenvalue weighted by Crippen LogP contribution is -2.13. The van der Waals surface area contributed by atoms with Crippen molar-refractivity contribution in [2.75, 3.05) is 6.26 Å². The standard InChI is InChI=1S/C17H21NO2S/c1-12-8-13(2)10-14(9-12)11-17(18)15-4-6-16(7-5-15)21(3,19)20/h4-10,17H,11,18H2,1-3H3. The van der Waals surface area contributed by atoms with Gasteiger partial charge in [-0.2, -0.15) is 0 Å². The summed E-state index contributed by atoms with van der Waals surface area (Å²) < 4.78 is 22.9. The second kappa shape index (κ2) is 6.00. The van der Waals surface area contributed by atoms with Crippen molar-refractivity contribution in [3.8, 4) is 0 Å². The van der Waals surface area contributed by atoms with E-state index in [2.05, 4.69) is 32.0 Å². The molecule has 4 heteroatoms. The predicted octanol–water partition coefficient (Wildman–Crippen LogP) is 2.95. The SMILES string of the molecule is Cc1cc(C)cc(CC(N)c2ccc(S(C)(=O)=O)cc2)c1. The molecule has 2 rings (SSSR count). The third-order valence-corrected chi connectivity index (χ3v) is 4.60. The Morgan fingerprint density at radius 3 is 2.00 bits per heavy atom. The van der Waals surface area contributed by atoms with Crippen molar-refractivity contribution in [2.24, 2.45) is 5.73 Å². The molecule has 1 unspecified atom stereocenters. The third-order valence-electron chi connectivity index (χ3n) is 3.47. The molecule has 21 heavy (non-hydrogen) atoms. The van der Waals surface area contributed by atoms with E-state index in [1.807, 2.05) is 0 Å². The molecule has 0 aliphatic heterocycles. The zero-order valence-corrected chi connectivity index (χ0v) is 13.4. The highest BCUT2D eigenvalue weighted by molar-refractivity contribution is 7.90. The molecule has 0 saturated heterocycles. The Kier molecular flexibility index (Phi) is 4.49. The quantitative estimate of drug-likeness (QED) is 0.944. The number of sulfone groups is 1. The minimum Gasteiger partial charge on any atom is -0.324 e. The summed E-state index contributed by atoms with van der Waals surface area (Å²) in [6, 6.07) is 13.1. The topological polar surface area (TPSA) is 60.2 Å². The van der Waals surface area contributed by atoms with Gasteiger partial charge in [0, 0.05) is 12.3 Å². The second-order valence-electron chi connectivity index (χ2n) is 5.65. The van der Waals surface area contributed by atoms with Crippen LogP contribution in [0.3, 0.4) is 0 Å². The summed E-state index contributed by atoms with van der Waals surface area (Å²) in [4.78, 5) is 0.324. The molecular weight excluding hydrogens is 282 g/mol. The molecule has 112 valence electrons. The minimum atomic E-state index is -3.16. The number of aryl methyl sites for hydroxylation is 2. The second-order valence-corrected chi connectivity index (χ2v) is 7.66. The highest BCUT2D eigenvalue weighted by Crippen LogP contribution is 2.20. The predicted molar refractivity (Wildman–Crippen MR) is 86.1 cm³/mol. The van der Waals surface area contributed by atoms with Crippen molar-refractivity contribution in [3.63, 3.8) is 0 Å². The van der Waals surface area contributed by atoms with Gasteiger partial charge in [-0.25, -0.2) is 8.42 Å². The summed E-state index contributed by atoms with van der Waals surface area (Å²) in [5.74, 6) is 0. The summed E-state index contributed by atoms with van der Waals surface area (Å²) >= 11 is 0. The molecule has 0 spiro atoms. The lowest BCUT2D eigenvalue weighted by molar-refractivity contribution is 0.601. The third kappa shape index (κ3) is 4.16. The fraction of sp³-hybridized carbons (Fsp3) is 0.294. The van der Waals surface area contributed by atoms with Crippen molar-refractivity contribution in [2.45, 2.75) is 31.2 Å². The Morgan fingerprint density at radius 1 is 1.00 bits per heavy atom. The monoisotopic (exact) mass is 303 g/mol. The maximum absolute atomic E-state index is 11.4. The molecule has 0 heterocycles. The van der Waals surface area contributed by atoms with Crippen LogP contribution < -0.4 is 5.73 Å². The molecule has 1 atom stereocenters. The first kappa shape index (κ1) is 15.7. The largest absolute Gasteiger partial charge is 0.324 e. The molecule has 2 aromatic rings. The van der Waals surface area contributed by atoms with E-state index in [-0.39, 0.29) is 6.04 Å². The van der Waals surface area contributed by atoms with Gasteiger partial charge in [0.25, 0.3) is 0 Å². The van der Waals surface area contributed by atoms with E-state index < -0.39 is 9.84 Å². The smallest absolute Gasteiger partial charge is 0.175 e. The van der Waals surface area contributed by atoms with E-state index in [4.69, 9.17) is 5.73 Å². The molecule has 0 saturated carbocycles. The first-order chi connectivity index (χ1) is 9.75. The van der Waals surface area contributed by atoms with Crippen LogP contribution in [0.1, 0.15) is 28.3 Å². The minimum absolute atomic E-state index is 0.139. The Hall–Kier alpha value is -1.65. The highest BCUT2D eigenvalue weighted by atomic mass is 32.2. The van der Waals surface area contributed by atoms with E-state index in [1.165, 1.54) is 22.9 Å². The molecule has 0 radical (unpaired) electrons. The molecule has 0 fully saturated rings. The van der Waals surface area contributed by atoms with Crippen molar-refractivity contribution in [1.82, 2.24) is 0 Å². The van der Waals surface area contributed by atoms with Gasteiger partial charge in [-0.3, -0.25) is 0 Å². The van der Waals surface area contributed by atoms with Gasteiger partial charge < -0.3 is 5.73 Å². The van der Waals surface area contributed by atoms with Crippen molar-refractivity contribution in [1.29, 1.82) is 0 Å². The van der Waals surface area contributed by atoms with Crippen LogP contribution in [-0.4, -0.2) is 14.7 Å². The molecule has 0 bridgehead atoms. The summed E-state index contributed by atoms with van der Waals surface area (Å²) in [7, 11) is -3.16. The van der Waals surface area contributed by atoms with E-state index in [0.29, 0.717) is 4.90 Å². The average Bonchev–Trinajstić information content (AvgIpc) is 2.36. The summed E-state index contributed by atoms with van der Waals surface area (Å²) in [6.45, 7) is 4.14. The van der Waals surface area contributed by atoms with Crippen molar-refractivity contribution >= 4 is 9.84 Å². The van der Waals surface area contributed by atoms with Gasteiger partial charge in [0.15, 0.2) is 9.84 Å². The van der Waals surface area contributed by atoms with Crippen LogP contribution >= 0.6 is 0 Å². The first-order valence-corrected chi connectivity index (χ1v) is 8.77. The fourth-order valence-corrected chi connectivity index (χ4v) is 3.15. The fourth-order valence-electron chi connectivity index (χ4n) is 2.52. The van der Waals surface area contributed by atoms with Crippen molar-refractivity contribution < 1.29 is 8.42 Å². The van der Waals surface area contributed by atoms with Gasteiger partial charge in [0.2, 0.25) is 0 Å². The number of hydrogen-bond donors (Lipinski definition) is 1. The van der Waals surface area contributed by atoms with Gasteiger partial charge >= 0.3 is 0 Å². The van der Waals surface area contributed by atoms with Crippen LogP contribution in [0.4, 0.5) is 0 Å². The van der Waals surface area contributed by atoms with Crippen LogP contribution in [0.5, 0.6) is 0 Å². The molecular formula is C17H21NO2S.